The van der Waals surface area contributed by atoms with E-state index in [1.807, 2.05) is 0 Å². The summed E-state index contributed by atoms with van der Waals surface area (Å²) in [4.78, 5) is 13.4. The number of hydrogen-bond acceptors (Lipinski definition) is 3. The van der Waals surface area contributed by atoms with Crippen LogP contribution in [-0.4, -0.2) is 10.8 Å². The van der Waals surface area contributed by atoms with Crippen LogP contribution >= 0.6 is 0 Å². The highest BCUT2D eigenvalue weighted by Gasteiger charge is 2.25. The van der Waals surface area contributed by atoms with Gasteiger partial charge in [0.1, 0.15) is 5.70 Å². The van der Waals surface area contributed by atoms with Crippen molar-refractivity contribution in [1.82, 2.24) is 5.32 Å². The first kappa shape index (κ1) is 6.73. The van der Waals surface area contributed by atoms with Gasteiger partial charge in [-0.15, -0.1) is 0 Å². The van der Waals surface area contributed by atoms with Crippen LogP contribution in [0.1, 0.15) is 13.8 Å². The quantitative estimate of drug-likeness (QED) is 0.392. The summed E-state index contributed by atoms with van der Waals surface area (Å²) < 4.78 is 0. The fourth-order valence-corrected chi connectivity index (χ4v) is 0.725. The van der Waals surface area contributed by atoms with Crippen LogP contribution in [0.15, 0.2) is 16.5 Å². The average molecular weight is 140 g/mol. The monoisotopic (exact) mass is 140 g/mol. The molecular weight excluding hydrogens is 134 g/mol. The smallest absolute Gasteiger partial charge is 0.358 e. The van der Waals surface area contributed by atoms with Crippen LogP contribution in [0.4, 0.5) is 0 Å². The molecule has 0 saturated carbocycles. The molecule has 0 saturated heterocycles. The summed E-state index contributed by atoms with van der Waals surface area (Å²) in [5.74, 6) is 0.307. The minimum absolute atomic E-state index is 0.141. The van der Waals surface area contributed by atoms with Crippen LogP contribution in [0.2, 0.25) is 0 Å². The van der Waals surface area contributed by atoms with Crippen LogP contribution in [0.5, 0.6) is 0 Å². The lowest BCUT2D eigenvalue weighted by molar-refractivity contribution is -0.430. The molecule has 1 aliphatic rings. The maximum atomic E-state index is 10.1. The first-order valence-electron chi connectivity index (χ1n) is 2.73. The van der Waals surface area contributed by atoms with Crippen molar-refractivity contribution >= 4 is 5.84 Å². The summed E-state index contributed by atoms with van der Waals surface area (Å²) in [7, 11) is 0. The molecule has 0 bridgehead atoms. The highest BCUT2D eigenvalue weighted by Crippen LogP contribution is 2.10. The second kappa shape index (κ2) is 2.09. The van der Waals surface area contributed by atoms with Crippen molar-refractivity contribution in [2.24, 2.45) is 4.99 Å². The van der Waals surface area contributed by atoms with Gasteiger partial charge in [0.2, 0.25) is 5.84 Å². The first-order valence-corrected chi connectivity index (χ1v) is 2.73. The largest absolute Gasteiger partial charge is 0.386 e. The molecule has 5 nitrogen and oxygen atoms in total. The normalized spacial score (nSPS) is 16.8. The van der Waals surface area contributed by atoms with Crippen LogP contribution in [0, 0.1) is 10.1 Å². The Balaban J connectivity index is 2.86. The Bertz CT molecular complexity index is 241. The van der Waals surface area contributed by atoms with Gasteiger partial charge in [0.15, 0.2) is 0 Å². The van der Waals surface area contributed by atoms with Crippen LogP contribution < -0.4 is 5.32 Å². The molecule has 0 unspecified atom stereocenters. The summed E-state index contributed by atoms with van der Waals surface area (Å²) in [6, 6.07) is 0. The molecule has 1 rings (SSSR count). The van der Waals surface area contributed by atoms with Crippen molar-refractivity contribution in [3.8, 4) is 0 Å². The maximum Gasteiger partial charge on any atom is 0.386 e. The van der Waals surface area contributed by atoms with E-state index in [-0.39, 0.29) is 5.82 Å². The Hall–Kier alpha value is -1.39. The molecule has 0 aromatic heterocycles. The van der Waals surface area contributed by atoms with E-state index in [1.54, 1.807) is 13.8 Å². The van der Waals surface area contributed by atoms with Gasteiger partial charge in [-0.05, 0) is 17.2 Å². The lowest BCUT2D eigenvalue weighted by Gasteiger charge is -1.89. The Morgan fingerprint density at radius 1 is 1.50 bits per heavy atom. The zero-order valence-corrected chi connectivity index (χ0v) is 5.66. The van der Waals surface area contributed by atoms with Gasteiger partial charge in [0.05, 0.1) is 0 Å². The molecular formula is C5H6N3O2. The van der Waals surface area contributed by atoms with Crippen LogP contribution in [0.25, 0.3) is 0 Å². The number of aliphatic imine (C=N–C) groups is 1. The van der Waals surface area contributed by atoms with Crippen molar-refractivity contribution in [3.05, 3.63) is 21.6 Å². The molecule has 0 aliphatic carbocycles. The van der Waals surface area contributed by atoms with Gasteiger partial charge < -0.3 is 10.1 Å². The molecule has 1 radical (unpaired) electrons. The standard InChI is InChI=1S/C5H6N3O2/c1-3-5(8(9)10)7-4(2)6-3/h1-2H3. The molecule has 0 aromatic carbocycles. The van der Waals surface area contributed by atoms with Gasteiger partial charge >= 0.3 is 5.82 Å². The van der Waals surface area contributed by atoms with Gasteiger partial charge in [0.25, 0.3) is 0 Å². The third-order valence-electron chi connectivity index (χ3n) is 1.09. The van der Waals surface area contributed by atoms with Gasteiger partial charge in [-0.25, -0.2) is 4.99 Å². The molecule has 5 heteroatoms. The van der Waals surface area contributed by atoms with Crippen LogP contribution in [-0.2, 0) is 0 Å². The molecule has 53 valence electrons. The zero-order valence-electron chi connectivity index (χ0n) is 5.66. The minimum atomic E-state index is -0.532. The predicted molar refractivity (Wildman–Crippen MR) is 34.9 cm³/mol. The Morgan fingerprint density at radius 2 is 2.10 bits per heavy atom. The summed E-state index contributed by atoms with van der Waals surface area (Å²) in [6.07, 6.45) is 0. The van der Waals surface area contributed by atoms with E-state index in [9.17, 15) is 10.1 Å². The fourth-order valence-electron chi connectivity index (χ4n) is 0.725. The fraction of sp³-hybridized carbons (Fsp3) is 0.400. The highest BCUT2D eigenvalue weighted by molar-refractivity contribution is 5.83. The van der Waals surface area contributed by atoms with Crippen molar-refractivity contribution in [2.45, 2.75) is 13.8 Å². The van der Waals surface area contributed by atoms with Gasteiger partial charge in [0, 0.05) is 6.92 Å². The van der Waals surface area contributed by atoms with Crippen molar-refractivity contribution in [3.63, 3.8) is 0 Å². The van der Waals surface area contributed by atoms with E-state index in [0.717, 1.165) is 0 Å². The minimum Gasteiger partial charge on any atom is -0.358 e. The predicted octanol–water partition coefficient (Wildman–Crippen LogP) is 0.488. The summed E-state index contributed by atoms with van der Waals surface area (Å²) in [5, 5.41) is 13.7. The third kappa shape index (κ3) is 0.975. The van der Waals surface area contributed by atoms with E-state index in [2.05, 4.69) is 10.3 Å². The van der Waals surface area contributed by atoms with Crippen LogP contribution in [0.3, 0.4) is 0 Å². The lowest BCUT2D eigenvalue weighted by Crippen LogP contribution is -2.12. The second-order valence-corrected chi connectivity index (χ2v) is 1.94. The van der Waals surface area contributed by atoms with Gasteiger partial charge in [-0.1, -0.05) is 0 Å². The summed E-state index contributed by atoms with van der Waals surface area (Å²) >= 11 is 0. The second-order valence-electron chi connectivity index (χ2n) is 1.94. The third-order valence-corrected chi connectivity index (χ3v) is 1.09. The molecule has 0 fully saturated rings. The Labute approximate surface area is 57.6 Å². The number of allylic oxidation sites excluding steroid dienone is 1. The zero-order chi connectivity index (χ0) is 7.72. The Morgan fingerprint density at radius 3 is 2.30 bits per heavy atom. The van der Waals surface area contributed by atoms with E-state index < -0.39 is 4.92 Å². The van der Waals surface area contributed by atoms with Crippen molar-refractivity contribution in [1.29, 1.82) is 0 Å². The van der Waals surface area contributed by atoms with E-state index in [1.165, 1.54) is 0 Å². The summed E-state index contributed by atoms with van der Waals surface area (Å²) in [5.41, 5.74) is 0.377. The summed E-state index contributed by atoms with van der Waals surface area (Å²) in [6.45, 7) is 3.19. The SMILES string of the molecule is CC1=NC(C)=C([N+](=O)[O-])[N]1. The molecule has 1 heterocycles. The maximum absolute atomic E-state index is 10.1. The Kier molecular flexibility index (Phi) is 1.41. The van der Waals surface area contributed by atoms with Crippen molar-refractivity contribution < 1.29 is 4.92 Å². The first-order chi connectivity index (χ1) is 4.61. The number of nitro groups is 1. The molecule has 0 N–H and O–H groups in total. The highest BCUT2D eigenvalue weighted by atomic mass is 16.6. The molecule has 1 aliphatic heterocycles. The van der Waals surface area contributed by atoms with E-state index in [0.29, 0.717) is 11.5 Å². The number of nitrogens with zero attached hydrogens (tertiary/aromatic N) is 3. The molecule has 0 amide bonds. The molecule has 10 heavy (non-hydrogen) atoms. The lowest BCUT2D eigenvalue weighted by atomic mass is 10.5. The number of amidine groups is 1. The number of hydrogen-bond donors (Lipinski definition) is 0. The topological polar surface area (TPSA) is 69.6 Å². The van der Waals surface area contributed by atoms with E-state index >= 15 is 0 Å². The molecule has 0 atom stereocenters. The molecule has 0 spiro atoms. The van der Waals surface area contributed by atoms with Gasteiger partial charge in [-0.2, -0.15) is 0 Å². The van der Waals surface area contributed by atoms with Gasteiger partial charge in [-0.3, -0.25) is 0 Å². The number of rotatable bonds is 1. The van der Waals surface area contributed by atoms with E-state index in [4.69, 9.17) is 0 Å². The van der Waals surface area contributed by atoms with Crippen molar-refractivity contribution in [2.75, 3.05) is 0 Å². The molecule has 0 aromatic rings. The average Bonchev–Trinajstić information content (AvgIpc) is 2.10.